The first kappa shape index (κ1) is 8.82. The molecule has 0 amide bonds. The lowest BCUT2D eigenvalue weighted by Crippen LogP contribution is -1.70. The van der Waals surface area contributed by atoms with Gasteiger partial charge in [-0.2, -0.15) is 0 Å². The number of aromatic hydroxyl groups is 1. The van der Waals surface area contributed by atoms with E-state index in [9.17, 15) is 5.11 Å². The number of benzene rings is 1. The third-order valence-electron chi connectivity index (χ3n) is 2.08. The van der Waals surface area contributed by atoms with Crippen molar-refractivity contribution in [2.75, 3.05) is 0 Å². The highest BCUT2D eigenvalue weighted by atomic mass is 32.1. The molecule has 0 fully saturated rings. The van der Waals surface area contributed by atoms with Crippen molar-refractivity contribution in [3.05, 3.63) is 30.3 Å². The molecule has 74 valence electrons. The van der Waals surface area contributed by atoms with Gasteiger partial charge in [0.25, 0.3) is 0 Å². The molecule has 0 bridgehead atoms. The topological polar surface area (TPSA) is 46.0 Å². The van der Waals surface area contributed by atoms with Crippen LogP contribution in [0.2, 0.25) is 0 Å². The van der Waals surface area contributed by atoms with Gasteiger partial charge in [0.1, 0.15) is 5.75 Å². The summed E-state index contributed by atoms with van der Waals surface area (Å²) in [7, 11) is 0. The first-order valence-corrected chi connectivity index (χ1v) is 5.93. The van der Waals surface area contributed by atoms with Gasteiger partial charge in [0, 0.05) is 4.88 Å². The molecule has 3 rings (SSSR count). The lowest BCUT2D eigenvalue weighted by Gasteiger charge is -1.96. The standard InChI is InChI=1S/C10H6N2OS2/c13-7-3-1-2-6(4-7)8-5-9-10(14-8)11-12-15-9/h1-5,13H. The van der Waals surface area contributed by atoms with Crippen molar-refractivity contribution in [3.63, 3.8) is 0 Å². The number of fused-ring (bicyclic) bond motifs is 1. The molecule has 0 atom stereocenters. The number of aromatic nitrogens is 2. The van der Waals surface area contributed by atoms with E-state index in [0.29, 0.717) is 0 Å². The summed E-state index contributed by atoms with van der Waals surface area (Å²) in [4.78, 5) is 2.07. The van der Waals surface area contributed by atoms with Gasteiger partial charge in [-0.25, -0.2) is 0 Å². The second-order valence-corrected chi connectivity index (χ2v) is 4.92. The first-order chi connectivity index (χ1) is 7.33. The van der Waals surface area contributed by atoms with Gasteiger partial charge in [0.2, 0.25) is 0 Å². The summed E-state index contributed by atoms with van der Waals surface area (Å²) in [5.74, 6) is 0.287. The van der Waals surface area contributed by atoms with Crippen LogP contribution >= 0.6 is 22.9 Å². The van der Waals surface area contributed by atoms with E-state index in [0.717, 1.165) is 20.0 Å². The van der Waals surface area contributed by atoms with Crippen LogP contribution in [-0.2, 0) is 0 Å². The summed E-state index contributed by atoms with van der Waals surface area (Å²) in [6.45, 7) is 0. The molecule has 0 aliphatic heterocycles. The van der Waals surface area contributed by atoms with Crippen LogP contribution in [0, 0.1) is 0 Å². The molecule has 5 heteroatoms. The monoisotopic (exact) mass is 234 g/mol. The van der Waals surface area contributed by atoms with Gasteiger partial charge >= 0.3 is 0 Å². The van der Waals surface area contributed by atoms with Crippen LogP contribution in [0.15, 0.2) is 30.3 Å². The number of nitrogens with zero attached hydrogens (tertiary/aromatic N) is 2. The number of rotatable bonds is 1. The van der Waals surface area contributed by atoms with Gasteiger partial charge < -0.3 is 5.11 Å². The normalized spacial score (nSPS) is 10.9. The lowest BCUT2D eigenvalue weighted by molar-refractivity contribution is 0.475. The maximum atomic E-state index is 9.38. The predicted octanol–water partition coefficient (Wildman–Crippen LogP) is 3.13. The number of phenols is 1. The molecule has 0 aliphatic carbocycles. The average Bonchev–Trinajstić information content (AvgIpc) is 2.76. The third-order valence-corrected chi connectivity index (χ3v) is 3.95. The van der Waals surface area contributed by atoms with Crippen LogP contribution in [-0.4, -0.2) is 14.7 Å². The summed E-state index contributed by atoms with van der Waals surface area (Å²) < 4.78 is 4.96. The Morgan fingerprint density at radius 2 is 2.13 bits per heavy atom. The Balaban J connectivity index is 2.17. The molecule has 0 radical (unpaired) electrons. The number of hydrogen-bond donors (Lipinski definition) is 1. The Kier molecular flexibility index (Phi) is 1.93. The van der Waals surface area contributed by atoms with Crippen LogP contribution in [0.5, 0.6) is 5.75 Å². The molecule has 15 heavy (non-hydrogen) atoms. The summed E-state index contributed by atoms with van der Waals surface area (Å²) >= 11 is 2.99. The molecule has 0 unspecified atom stereocenters. The Morgan fingerprint density at radius 1 is 1.20 bits per heavy atom. The number of phenolic OH excluding ortho intramolecular Hbond substituents is 1. The zero-order valence-electron chi connectivity index (χ0n) is 7.54. The van der Waals surface area contributed by atoms with E-state index in [1.165, 1.54) is 11.5 Å². The van der Waals surface area contributed by atoms with Crippen LogP contribution in [0.1, 0.15) is 0 Å². The fraction of sp³-hybridized carbons (Fsp3) is 0. The molecule has 1 aromatic carbocycles. The molecule has 1 N–H and O–H groups in total. The van der Waals surface area contributed by atoms with Crippen molar-refractivity contribution in [3.8, 4) is 16.2 Å². The molecule has 0 saturated carbocycles. The van der Waals surface area contributed by atoms with Crippen molar-refractivity contribution >= 4 is 32.4 Å². The van der Waals surface area contributed by atoms with Crippen molar-refractivity contribution in [2.45, 2.75) is 0 Å². The summed E-state index contributed by atoms with van der Waals surface area (Å²) in [5.41, 5.74) is 1.02. The maximum Gasteiger partial charge on any atom is 0.159 e. The van der Waals surface area contributed by atoms with E-state index >= 15 is 0 Å². The van der Waals surface area contributed by atoms with Gasteiger partial charge in [-0.05, 0) is 35.3 Å². The molecule has 2 aromatic heterocycles. The van der Waals surface area contributed by atoms with Gasteiger partial charge in [-0.1, -0.05) is 16.6 Å². The minimum absolute atomic E-state index is 0.287. The summed E-state index contributed by atoms with van der Waals surface area (Å²) in [6, 6.07) is 9.29. The molecule has 0 saturated heterocycles. The highest BCUT2D eigenvalue weighted by Crippen LogP contribution is 2.34. The Morgan fingerprint density at radius 3 is 2.93 bits per heavy atom. The van der Waals surface area contributed by atoms with Gasteiger partial charge in [0.05, 0.1) is 4.70 Å². The van der Waals surface area contributed by atoms with E-state index in [1.807, 2.05) is 12.1 Å². The molecule has 3 nitrogen and oxygen atoms in total. The Bertz CT molecular complexity index is 586. The zero-order chi connectivity index (χ0) is 10.3. The van der Waals surface area contributed by atoms with E-state index in [-0.39, 0.29) is 5.75 Å². The van der Waals surface area contributed by atoms with Crippen LogP contribution in [0.3, 0.4) is 0 Å². The van der Waals surface area contributed by atoms with E-state index in [4.69, 9.17) is 0 Å². The molecule has 0 aliphatic rings. The van der Waals surface area contributed by atoms with Crippen molar-refractivity contribution in [2.24, 2.45) is 0 Å². The second kappa shape index (κ2) is 3.29. The SMILES string of the molecule is Oc1cccc(-c2cc3snnc3s2)c1. The lowest BCUT2D eigenvalue weighted by atomic mass is 10.2. The van der Waals surface area contributed by atoms with E-state index in [2.05, 4.69) is 15.7 Å². The zero-order valence-corrected chi connectivity index (χ0v) is 9.18. The highest BCUT2D eigenvalue weighted by molar-refractivity contribution is 7.26. The average molecular weight is 234 g/mol. The third kappa shape index (κ3) is 1.49. The fourth-order valence-corrected chi connectivity index (χ4v) is 3.14. The largest absolute Gasteiger partial charge is 0.508 e. The molecule has 0 spiro atoms. The number of hydrogen-bond acceptors (Lipinski definition) is 5. The predicted molar refractivity (Wildman–Crippen MR) is 62.4 cm³/mol. The van der Waals surface area contributed by atoms with Gasteiger partial charge in [-0.3, -0.25) is 0 Å². The summed E-state index contributed by atoms with van der Waals surface area (Å²) in [5, 5.41) is 13.4. The van der Waals surface area contributed by atoms with Crippen LogP contribution in [0.4, 0.5) is 0 Å². The smallest absolute Gasteiger partial charge is 0.159 e. The van der Waals surface area contributed by atoms with Crippen molar-refractivity contribution < 1.29 is 5.11 Å². The van der Waals surface area contributed by atoms with Gasteiger partial charge in [0.15, 0.2) is 4.83 Å². The number of thiophene rings is 1. The highest BCUT2D eigenvalue weighted by Gasteiger charge is 2.07. The first-order valence-electron chi connectivity index (χ1n) is 4.34. The quantitative estimate of drug-likeness (QED) is 0.703. The van der Waals surface area contributed by atoms with Gasteiger partial charge in [-0.15, -0.1) is 16.4 Å². The van der Waals surface area contributed by atoms with Crippen molar-refractivity contribution in [1.29, 1.82) is 0 Å². The van der Waals surface area contributed by atoms with Crippen LogP contribution in [0.25, 0.3) is 20.0 Å². The molecular formula is C10H6N2OS2. The Labute approximate surface area is 93.8 Å². The Hall–Kier alpha value is -1.46. The maximum absolute atomic E-state index is 9.38. The summed E-state index contributed by atoms with van der Waals surface area (Å²) in [6.07, 6.45) is 0. The second-order valence-electron chi connectivity index (χ2n) is 3.10. The fourth-order valence-electron chi connectivity index (χ4n) is 1.40. The molecule has 2 heterocycles. The van der Waals surface area contributed by atoms with E-state index < -0.39 is 0 Å². The van der Waals surface area contributed by atoms with E-state index in [1.54, 1.807) is 23.5 Å². The van der Waals surface area contributed by atoms with Crippen LogP contribution < -0.4 is 0 Å². The van der Waals surface area contributed by atoms with Crippen molar-refractivity contribution in [1.82, 2.24) is 9.59 Å². The molecule has 3 aromatic rings. The minimum atomic E-state index is 0.287. The minimum Gasteiger partial charge on any atom is -0.508 e. The molecular weight excluding hydrogens is 228 g/mol.